The van der Waals surface area contributed by atoms with E-state index in [1.54, 1.807) is 37.4 Å². The number of fused-ring (bicyclic) bond motifs is 1. The van der Waals surface area contributed by atoms with Crippen LogP contribution in [0.5, 0.6) is 0 Å². The van der Waals surface area contributed by atoms with Crippen LogP contribution in [-0.2, 0) is 7.05 Å². The number of carbonyl (C=O) groups is 1. The Morgan fingerprint density at radius 2 is 2.26 bits per heavy atom. The van der Waals surface area contributed by atoms with Crippen molar-refractivity contribution in [1.29, 1.82) is 0 Å². The summed E-state index contributed by atoms with van der Waals surface area (Å²) in [7, 11) is 1.56. The van der Waals surface area contributed by atoms with E-state index in [1.807, 2.05) is 6.92 Å². The van der Waals surface area contributed by atoms with E-state index in [1.165, 1.54) is 10.8 Å². The van der Waals surface area contributed by atoms with Crippen molar-refractivity contribution in [3.63, 3.8) is 0 Å². The molecule has 8 nitrogen and oxygen atoms in total. The lowest BCUT2D eigenvalue weighted by atomic mass is 10.2. The van der Waals surface area contributed by atoms with Crippen LogP contribution in [0.2, 0.25) is 5.02 Å². The van der Waals surface area contributed by atoms with Crippen LogP contribution >= 0.6 is 11.6 Å². The van der Waals surface area contributed by atoms with Gasteiger partial charge in [0.05, 0.1) is 16.1 Å². The van der Waals surface area contributed by atoms with Crippen molar-refractivity contribution in [3.05, 3.63) is 57.2 Å². The topological polar surface area (TPSA) is 119 Å². The molecule has 0 unspecified atom stereocenters. The number of hydrogen-bond donors (Lipinski definition) is 3. The summed E-state index contributed by atoms with van der Waals surface area (Å²) in [6, 6.07) is 5.14. The Morgan fingerprint density at radius 1 is 1.48 bits per heavy atom. The molecule has 0 radical (unpaired) electrons. The fraction of sp³-hybridized carbons (Fsp3) is 0.222. The Hall–Kier alpha value is -3.13. The first kappa shape index (κ1) is 18.7. The number of nitrogens with two attached hydrogens (primary N) is 1. The number of halogens is 1. The predicted octanol–water partition coefficient (Wildman–Crippen LogP) is 2.11. The summed E-state index contributed by atoms with van der Waals surface area (Å²) >= 11 is 6.08. The second-order valence-electron chi connectivity index (χ2n) is 6.17. The molecule has 0 bridgehead atoms. The summed E-state index contributed by atoms with van der Waals surface area (Å²) in [5.41, 5.74) is 7.04. The number of aromatic amines is 1. The van der Waals surface area contributed by atoms with E-state index in [0.29, 0.717) is 28.0 Å². The summed E-state index contributed by atoms with van der Waals surface area (Å²) in [4.78, 5) is 35.5. The van der Waals surface area contributed by atoms with Crippen LogP contribution in [0, 0.1) is 0 Å². The maximum Gasteiger partial charge on any atom is 0.287 e. The van der Waals surface area contributed by atoms with Crippen LogP contribution in [0.4, 0.5) is 5.95 Å². The number of nitrogens with zero attached hydrogens (tertiary/aromatic N) is 3. The molecule has 1 atom stereocenters. The first-order valence-electron chi connectivity index (χ1n) is 8.30. The van der Waals surface area contributed by atoms with Crippen molar-refractivity contribution in [1.82, 2.24) is 24.8 Å². The number of benzene rings is 1. The summed E-state index contributed by atoms with van der Waals surface area (Å²) in [6.45, 7) is 1.86. The number of carbonyl (C=O) groups excluding carboxylic acids is 1. The van der Waals surface area contributed by atoms with Gasteiger partial charge in [-0.25, -0.2) is 9.97 Å². The molecule has 1 amide bonds. The molecule has 9 heteroatoms. The first-order chi connectivity index (χ1) is 12.9. The molecule has 0 aliphatic carbocycles. The van der Waals surface area contributed by atoms with Gasteiger partial charge in [0, 0.05) is 19.3 Å². The third-order valence-electron chi connectivity index (χ3n) is 4.07. The number of nitrogen functional groups attached to an aromatic ring is 1. The molecule has 0 saturated carbocycles. The molecule has 4 N–H and O–H groups in total. The molecule has 0 spiro atoms. The zero-order chi connectivity index (χ0) is 19.6. The maximum absolute atomic E-state index is 12.4. The number of rotatable bonds is 5. The molecule has 27 heavy (non-hydrogen) atoms. The largest absolute Gasteiger partial charge is 0.369 e. The Morgan fingerprint density at radius 3 is 3.00 bits per heavy atom. The molecule has 140 valence electrons. The highest BCUT2D eigenvalue weighted by Crippen LogP contribution is 2.20. The highest BCUT2D eigenvalue weighted by molar-refractivity contribution is 6.35. The highest BCUT2D eigenvalue weighted by atomic mass is 35.5. The number of para-hydroxylation sites is 1. The van der Waals surface area contributed by atoms with Gasteiger partial charge in [0.2, 0.25) is 5.95 Å². The minimum absolute atomic E-state index is 0.156. The number of imidazole rings is 1. The van der Waals surface area contributed by atoms with E-state index in [9.17, 15) is 9.59 Å². The van der Waals surface area contributed by atoms with E-state index in [0.717, 1.165) is 0 Å². The Kier molecular flexibility index (Phi) is 5.27. The number of aromatic nitrogens is 4. The molecule has 3 rings (SSSR count). The molecule has 0 fully saturated rings. The van der Waals surface area contributed by atoms with E-state index < -0.39 is 0 Å². The second-order valence-corrected chi connectivity index (χ2v) is 6.58. The minimum Gasteiger partial charge on any atom is -0.369 e. The molecule has 2 heterocycles. The molecular weight excluding hydrogens is 368 g/mol. The fourth-order valence-electron chi connectivity index (χ4n) is 2.54. The number of H-pyrrole nitrogens is 1. The van der Waals surface area contributed by atoms with Crippen molar-refractivity contribution in [3.8, 4) is 0 Å². The number of nitrogens with one attached hydrogen (secondary N) is 2. The summed E-state index contributed by atoms with van der Waals surface area (Å²) in [5, 5.41) is 3.34. The summed E-state index contributed by atoms with van der Waals surface area (Å²) in [6.07, 6.45) is 5.42. The normalized spacial score (nSPS) is 12.6. The van der Waals surface area contributed by atoms with Crippen molar-refractivity contribution >= 4 is 40.6 Å². The zero-order valence-electron chi connectivity index (χ0n) is 14.9. The fourth-order valence-corrected chi connectivity index (χ4v) is 2.76. The summed E-state index contributed by atoms with van der Waals surface area (Å²) in [5.74, 6) is 0.0301. The van der Waals surface area contributed by atoms with Gasteiger partial charge >= 0.3 is 0 Å². The van der Waals surface area contributed by atoms with Gasteiger partial charge in [-0.05, 0) is 25.5 Å². The monoisotopic (exact) mass is 386 g/mol. The van der Waals surface area contributed by atoms with Gasteiger partial charge in [0.15, 0.2) is 5.82 Å². The van der Waals surface area contributed by atoms with E-state index >= 15 is 0 Å². The predicted molar refractivity (Wildman–Crippen MR) is 106 cm³/mol. The van der Waals surface area contributed by atoms with Crippen molar-refractivity contribution < 1.29 is 4.79 Å². The lowest BCUT2D eigenvalue weighted by Crippen LogP contribution is -2.32. The summed E-state index contributed by atoms with van der Waals surface area (Å²) < 4.78 is 1.28. The Labute approximate surface area is 160 Å². The maximum atomic E-state index is 12.4. The smallest absolute Gasteiger partial charge is 0.287 e. The van der Waals surface area contributed by atoms with Gasteiger partial charge in [-0.1, -0.05) is 29.8 Å². The average molecular weight is 387 g/mol. The number of hydrogen-bond acceptors (Lipinski definition) is 5. The van der Waals surface area contributed by atoms with Gasteiger partial charge in [0.1, 0.15) is 5.52 Å². The van der Waals surface area contributed by atoms with Gasteiger partial charge in [0.25, 0.3) is 11.5 Å². The third-order valence-corrected chi connectivity index (χ3v) is 4.38. The minimum atomic E-state index is -0.326. The first-order valence-corrected chi connectivity index (χ1v) is 8.67. The van der Waals surface area contributed by atoms with Crippen LogP contribution in [0.25, 0.3) is 17.1 Å². The van der Waals surface area contributed by atoms with Crippen LogP contribution in [0.3, 0.4) is 0 Å². The quantitative estimate of drug-likeness (QED) is 0.620. The van der Waals surface area contributed by atoms with E-state index in [2.05, 4.69) is 20.3 Å². The lowest BCUT2D eigenvalue weighted by molar-refractivity contribution is 0.0931. The average Bonchev–Trinajstić information content (AvgIpc) is 3.07. The molecule has 3 aromatic rings. The van der Waals surface area contributed by atoms with Crippen molar-refractivity contribution in [2.24, 2.45) is 7.05 Å². The standard InChI is InChI=1S/C18H19ClN6O2/c1-10(5-3-6-11-9-21-18(20)25(2)17(11)27)22-16(26)15-23-13-8-4-7-12(19)14(13)24-15/h3-4,6-10H,5H2,1-2H3,(H2,20,21)(H,22,26)(H,23,24)/b6-3+/t10-/m0/s1. The number of amides is 1. The van der Waals surface area contributed by atoms with Crippen LogP contribution in [-0.4, -0.2) is 31.5 Å². The van der Waals surface area contributed by atoms with Gasteiger partial charge in [-0.2, -0.15) is 0 Å². The molecule has 2 aromatic heterocycles. The molecule has 0 aliphatic rings. The zero-order valence-corrected chi connectivity index (χ0v) is 15.6. The van der Waals surface area contributed by atoms with Crippen LogP contribution < -0.4 is 16.6 Å². The van der Waals surface area contributed by atoms with Gasteiger partial charge in [-0.15, -0.1) is 0 Å². The molecule has 0 aliphatic heterocycles. The third kappa shape index (κ3) is 4.01. The van der Waals surface area contributed by atoms with E-state index in [4.69, 9.17) is 17.3 Å². The van der Waals surface area contributed by atoms with Crippen LogP contribution in [0.1, 0.15) is 29.5 Å². The molecular formula is C18H19ClN6O2. The van der Waals surface area contributed by atoms with Crippen molar-refractivity contribution in [2.75, 3.05) is 5.73 Å². The van der Waals surface area contributed by atoms with Gasteiger partial charge < -0.3 is 16.0 Å². The Bertz CT molecular complexity index is 1090. The number of anilines is 1. The van der Waals surface area contributed by atoms with E-state index in [-0.39, 0.29) is 29.3 Å². The SMILES string of the molecule is C[C@@H](C/C=C/c1cnc(N)n(C)c1=O)NC(=O)c1nc2c(Cl)cccc2[nH]1. The van der Waals surface area contributed by atoms with Gasteiger partial charge in [-0.3, -0.25) is 14.2 Å². The lowest BCUT2D eigenvalue weighted by Gasteiger charge is -2.10. The molecule has 0 saturated heterocycles. The highest BCUT2D eigenvalue weighted by Gasteiger charge is 2.14. The molecule has 1 aromatic carbocycles. The Balaban J connectivity index is 1.64. The second kappa shape index (κ2) is 7.63. The van der Waals surface area contributed by atoms with Crippen molar-refractivity contribution in [2.45, 2.75) is 19.4 Å². The van der Waals surface area contributed by atoms with Crippen LogP contribution in [0.15, 0.2) is 35.3 Å².